The molecular formula is C14H19FN2O2. The number of anilines is 1. The van der Waals surface area contributed by atoms with Crippen LogP contribution in [0.3, 0.4) is 0 Å². The maximum Gasteiger partial charge on any atom is 0.335 e. The maximum atomic E-state index is 13.7. The molecule has 1 aliphatic heterocycles. The molecule has 104 valence electrons. The zero-order valence-corrected chi connectivity index (χ0v) is 11.0. The highest BCUT2D eigenvalue weighted by Crippen LogP contribution is 2.17. The number of hydrogen-bond donors (Lipinski definition) is 2. The summed E-state index contributed by atoms with van der Waals surface area (Å²) in [4.78, 5) is 13.1. The van der Waals surface area contributed by atoms with E-state index in [1.807, 2.05) is 0 Å². The number of likely N-dealkylation sites (tertiary alicyclic amines) is 1. The molecule has 1 heterocycles. The zero-order valence-electron chi connectivity index (χ0n) is 11.0. The Morgan fingerprint density at radius 1 is 1.47 bits per heavy atom. The van der Waals surface area contributed by atoms with Crippen LogP contribution in [0.1, 0.15) is 30.1 Å². The Balaban J connectivity index is 1.93. The fourth-order valence-electron chi connectivity index (χ4n) is 2.36. The van der Waals surface area contributed by atoms with E-state index in [4.69, 9.17) is 5.11 Å². The van der Waals surface area contributed by atoms with Crippen LogP contribution in [-0.2, 0) is 0 Å². The largest absolute Gasteiger partial charge is 0.478 e. The molecular weight excluding hydrogens is 247 g/mol. The third-order valence-corrected chi connectivity index (χ3v) is 3.57. The molecule has 1 aliphatic rings. The lowest BCUT2D eigenvalue weighted by atomic mass is 10.2. The number of aromatic carboxylic acids is 1. The smallest absolute Gasteiger partial charge is 0.335 e. The Morgan fingerprint density at radius 2 is 2.16 bits per heavy atom. The molecule has 0 saturated carbocycles. The summed E-state index contributed by atoms with van der Waals surface area (Å²) in [5.74, 6) is -1.63. The van der Waals surface area contributed by atoms with Crippen LogP contribution in [-0.4, -0.2) is 41.7 Å². The predicted molar refractivity (Wildman–Crippen MR) is 72.1 cm³/mol. The van der Waals surface area contributed by atoms with Crippen molar-refractivity contribution in [1.29, 1.82) is 0 Å². The van der Waals surface area contributed by atoms with Gasteiger partial charge in [-0.3, -0.25) is 4.90 Å². The second-order valence-electron chi connectivity index (χ2n) is 4.97. The molecule has 1 fully saturated rings. The molecule has 0 amide bonds. The third-order valence-electron chi connectivity index (χ3n) is 3.57. The lowest BCUT2D eigenvalue weighted by Crippen LogP contribution is -2.35. The van der Waals surface area contributed by atoms with Gasteiger partial charge >= 0.3 is 5.97 Å². The van der Waals surface area contributed by atoms with Gasteiger partial charge in [0.05, 0.1) is 11.3 Å². The summed E-state index contributed by atoms with van der Waals surface area (Å²) in [5.41, 5.74) is 0.326. The molecule has 0 radical (unpaired) electrons. The number of hydrogen-bond acceptors (Lipinski definition) is 3. The quantitative estimate of drug-likeness (QED) is 0.859. The summed E-state index contributed by atoms with van der Waals surface area (Å²) in [6.45, 7) is 4.97. The van der Waals surface area contributed by atoms with Crippen LogP contribution in [0.15, 0.2) is 18.2 Å². The second-order valence-corrected chi connectivity index (χ2v) is 4.97. The standard InChI is InChI=1S/C14H19FN2O2/c1-10(17-6-2-3-7-17)9-16-13-5-4-11(14(18)19)8-12(13)15/h4-5,8,10,16H,2-3,6-7,9H2,1H3,(H,18,19). The van der Waals surface area contributed by atoms with Gasteiger partial charge in [-0.2, -0.15) is 0 Å². The van der Waals surface area contributed by atoms with Gasteiger partial charge in [-0.1, -0.05) is 0 Å². The van der Waals surface area contributed by atoms with E-state index in [1.165, 1.54) is 25.0 Å². The topological polar surface area (TPSA) is 52.6 Å². The Labute approximate surface area is 112 Å². The predicted octanol–water partition coefficient (Wildman–Crippen LogP) is 2.42. The molecule has 2 rings (SSSR count). The highest BCUT2D eigenvalue weighted by molar-refractivity contribution is 5.88. The van der Waals surface area contributed by atoms with Crippen molar-refractivity contribution in [2.45, 2.75) is 25.8 Å². The van der Waals surface area contributed by atoms with E-state index >= 15 is 0 Å². The van der Waals surface area contributed by atoms with Gasteiger partial charge in [0.1, 0.15) is 5.82 Å². The summed E-state index contributed by atoms with van der Waals surface area (Å²) in [5, 5.41) is 11.8. The van der Waals surface area contributed by atoms with Crippen LogP contribution < -0.4 is 5.32 Å². The first-order chi connectivity index (χ1) is 9.08. The average molecular weight is 266 g/mol. The molecule has 1 unspecified atom stereocenters. The number of benzene rings is 1. The van der Waals surface area contributed by atoms with E-state index in [9.17, 15) is 9.18 Å². The minimum Gasteiger partial charge on any atom is -0.478 e. The van der Waals surface area contributed by atoms with Crippen LogP contribution in [0.25, 0.3) is 0 Å². The number of carbonyl (C=O) groups is 1. The van der Waals surface area contributed by atoms with Crippen molar-refractivity contribution in [2.24, 2.45) is 0 Å². The van der Waals surface area contributed by atoms with Gasteiger partial charge in [0.25, 0.3) is 0 Å². The Hall–Kier alpha value is -1.62. The minimum atomic E-state index is -1.11. The highest BCUT2D eigenvalue weighted by Gasteiger charge is 2.18. The summed E-state index contributed by atoms with van der Waals surface area (Å²) in [6.07, 6.45) is 2.46. The van der Waals surface area contributed by atoms with Crippen molar-refractivity contribution >= 4 is 11.7 Å². The fourth-order valence-corrected chi connectivity index (χ4v) is 2.36. The molecule has 5 heteroatoms. The first-order valence-electron chi connectivity index (χ1n) is 6.58. The van der Waals surface area contributed by atoms with Gasteiger partial charge in [0, 0.05) is 12.6 Å². The monoisotopic (exact) mass is 266 g/mol. The van der Waals surface area contributed by atoms with Crippen molar-refractivity contribution < 1.29 is 14.3 Å². The molecule has 4 nitrogen and oxygen atoms in total. The van der Waals surface area contributed by atoms with E-state index in [0.717, 1.165) is 19.2 Å². The van der Waals surface area contributed by atoms with Crippen molar-refractivity contribution in [1.82, 2.24) is 4.90 Å². The molecule has 0 aromatic heterocycles. The summed E-state index contributed by atoms with van der Waals surface area (Å²) in [7, 11) is 0. The molecule has 1 aromatic rings. The second kappa shape index (κ2) is 6.02. The van der Waals surface area contributed by atoms with Gasteiger partial charge < -0.3 is 10.4 Å². The first-order valence-corrected chi connectivity index (χ1v) is 6.58. The number of rotatable bonds is 5. The SMILES string of the molecule is CC(CNc1ccc(C(=O)O)cc1F)N1CCCC1. The Morgan fingerprint density at radius 3 is 2.74 bits per heavy atom. The molecule has 0 spiro atoms. The number of carboxylic acid groups (broad SMARTS) is 1. The van der Waals surface area contributed by atoms with Crippen molar-refractivity contribution in [2.75, 3.05) is 25.0 Å². The van der Waals surface area contributed by atoms with Crippen molar-refractivity contribution in [3.8, 4) is 0 Å². The van der Waals surface area contributed by atoms with E-state index < -0.39 is 11.8 Å². The van der Waals surface area contributed by atoms with Gasteiger partial charge in [-0.25, -0.2) is 9.18 Å². The molecule has 1 saturated heterocycles. The molecule has 0 bridgehead atoms. The van der Waals surface area contributed by atoms with E-state index in [0.29, 0.717) is 18.3 Å². The molecule has 2 N–H and O–H groups in total. The molecule has 19 heavy (non-hydrogen) atoms. The summed E-state index contributed by atoms with van der Waals surface area (Å²) < 4.78 is 13.7. The highest BCUT2D eigenvalue weighted by atomic mass is 19.1. The van der Waals surface area contributed by atoms with Crippen LogP contribution in [0, 0.1) is 5.82 Å². The van der Waals surface area contributed by atoms with E-state index in [-0.39, 0.29) is 5.56 Å². The minimum absolute atomic E-state index is 0.0318. The van der Waals surface area contributed by atoms with Gasteiger partial charge in [0.15, 0.2) is 0 Å². The maximum absolute atomic E-state index is 13.7. The Bertz CT molecular complexity index is 459. The number of nitrogens with zero attached hydrogens (tertiary/aromatic N) is 1. The van der Waals surface area contributed by atoms with Gasteiger partial charge in [0.2, 0.25) is 0 Å². The van der Waals surface area contributed by atoms with Gasteiger partial charge in [-0.05, 0) is 51.1 Å². The summed E-state index contributed by atoms with van der Waals surface area (Å²) in [6, 6.07) is 4.29. The average Bonchev–Trinajstić information content (AvgIpc) is 2.90. The van der Waals surface area contributed by atoms with Gasteiger partial charge in [-0.15, -0.1) is 0 Å². The number of carboxylic acids is 1. The molecule has 0 aliphatic carbocycles. The van der Waals surface area contributed by atoms with Crippen molar-refractivity contribution in [3.05, 3.63) is 29.6 Å². The normalized spacial score (nSPS) is 17.4. The fraction of sp³-hybridized carbons (Fsp3) is 0.500. The van der Waals surface area contributed by atoms with Crippen LogP contribution >= 0.6 is 0 Å². The van der Waals surface area contributed by atoms with Crippen molar-refractivity contribution in [3.63, 3.8) is 0 Å². The van der Waals surface area contributed by atoms with E-state index in [1.54, 1.807) is 0 Å². The third kappa shape index (κ3) is 3.44. The van der Waals surface area contributed by atoms with Crippen LogP contribution in [0.4, 0.5) is 10.1 Å². The van der Waals surface area contributed by atoms with Crippen LogP contribution in [0.5, 0.6) is 0 Å². The number of halogens is 1. The Kier molecular flexibility index (Phi) is 4.37. The zero-order chi connectivity index (χ0) is 13.8. The first kappa shape index (κ1) is 13.8. The molecule has 1 aromatic carbocycles. The lowest BCUT2D eigenvalue weighted by molar-refractivity contribution is 0.0696. The molecule has 1 atom stereocenters. The van der Waals surface area contributed by atoms with Crippen LogP contribution in [0.2, 0.25) is 0 Å². The summed E-state index contributed by atoms with van der Waals surface area (Å²) >= 11 is 0. The van der Waals surface area contributed by atoms with E-state index in [2.05, 4.69) is 17.1 Å². The number of nitrogens with one attached hydrogen (secondary N) is 1. The lowest BCUT2D eigenvalue weighted by Gasteiger charge is -2.24.